The summed E-state index contributed by atoms with van der Waals surface area (Å²) in [5, 5.41) is 2.64. The van der Waals surface area contributed by atoms with Crippen LogP contribution in [-0.2, 0) is 16.4 Å². The number of urea groups is 1. The molecular formula is C15H21FN2O3S. The van der Waals surface area contributed by atoms with Crippen molar-refractivity contribution in [3.63, 3.8) is 0 Å². The highest BCUT2D eigenvalue weighted by Crippen LogP contribution is 2.30. The molecule has 1 aromatic carbocycles. The van der Waals surface area contributed by atoms with Gasteiger partial charge in [0.2, 0.25) is 0 Å². The van der Waals surface area contributed by atoms with Gasteiger partial charge in [-0.05, 0) is 36.5 Å². The zero-order valence-corrected chi connectivity index (χ0v) is 13.4. The van der Waals surface area contributed by atoms with E-state index in [1.54, 1.807) is 17.0 Å². The van der Waals surface area contributed by atoms with Crippen LogP contribution in [0, 0.1) is 11.7 Å². The highest BCUT2D eigenvalue weighted by Gasteiger charge is 2.26. The number of amides is 2. The maximum Gasteiger partial charge on any atom is 0.317 e. The van der Waals surface area contributed by atoms with E-state index in [2.05, 4.69) is 5.32 Å². The third-order valence-electron chi connectivity index (χ3n) is 3.50. The van der Waals surface area contributed by atoms with Crippen LogP contribution in [0.5, 0.6) is 0 Å². The fourth-order valence-corrected chi connectivity index (χ4v) is 2.57. The van der Waals surface area contributed by atoms with Crippen LogP contribution in [0.3, 0.4) is 0 Å². The lowest BCUT2D eigenvalue weighted by molar-refractivity contribution is 0.193. The van der Waals surface area contributed by atoms with Crippen molar-refractivity contribution in [3.05, 3.63) is 35.6 Å². The first-order valence-corrected chi connectivity index (χ1v) is 9.34. The molecule has 1 aromatic rings. The number of sulfone groups is 1. The quantitative estimate of drug-likeness (QED) is 0.830. The molecule has 1 N–H and O–H groups in total. The first-order valence-electron chi connectivity index (χ1n) is 7.28. The number of hydrogen-bond acceptors (Lipinski definition) is 3. The molecule has 0 spiro atoms. The zero-order chi connectivity index (χ0) is 16.2. The van der Waals surface area contributed by atoms with Gasteiger partial charge in [0.05, 0.1) is 5.75 Å². The van der Waals surface area contributed by atoms with Gasteiger partial charge in [-0.15, -0.1) is 0 Å². The van der Waals surface area contributed by atoms with Gasteiger partial charge in [0.1, 0.15) is 15.7 Å². The maximum atomic E-state index is 12.9. The minimum atomic E-state index is -3.09. The normalized spacial score (nSPS) is 14.6. The molecule has 22 heavy (non-hydrogen) atoms. The molecule has 2 amide bonds. The van der Waals surface area contributed by atoms with Crippen molar-refractivity contribution in [1.82, 2.24) is 10.2 Å². The topological polar surface area (TPSA) is 66.5 Å². The monoisotopic (exact) mass is 328 g/mol. The Kier molecular flexibility index (Phi) is 5.39. The summed E-state index contributed by atoms with van der Waals surface area (Å²) in [5.41, 5.74) is 0.848. The average Bonchev–Trinajstić information content (AvgIpc) is 3.23. The molecule has 0 aromatic heterocycles. The zero-order valence-electron chi connectivity index (χ0n) is 12.6. The summed E-state index contributed by atoms with van der Waals surface area (Å²) in [6.07, 6.45) is 3.35. The second kappa shape index (κ2) is 7.09. The van der Waals surface area contributed by atoms with Gasteiger partial charge >= 0.3 is 6.03 Å². The molecule has 1 aliphatic carbocycles. The van der Waals surface area contributed by atoms with E-state index in [-0.39, 0.29) is 24.1 Å². The lowest BCUT2D eigenvalue weighted by atomic mass is 10.2. The Balaban J connectivity index is 1.92. The molecule has 0 heterocycles. The number of carbonyl (C=O) groups excluding carboxylic acids is 1. The standard InChI is InChI=1S/C15H21FN2O3S/c1-22(20,21)9-8-17-15(19)18(10-12-2-3-12)11-13-4-6-14(16)7-5-13/h4-7,12H,2-3,8-11H2,1H3,(H,17,19). The highest BCUT2D eigenvalue weighted by molar-refractivity contribution is 7.90. The Hall–Kier alpha value is -1.63. The van der Waals surface area contributed by atoms with Crippen molar-refractivity contribution < 1.29 is 17.6 Å². The summed E-state index contributed by atoms with van der Waals surface area (Å²) < 4.78 is 35.1. The molecule has 0 atom stereocenters. The van der Waals surface area contributed by atoms with Gasteiger partial charge in [-0.1, -0.05) is 12.1 Å². The van der Waals surface area contributed by atoms with E-state index in [0.717, 1.165) is 24.7 Å². The van der Waals surface area contributed by atoms with E-state index in [4.69, 9.17) is 0 Å². The Morgan fingerprint density at radius 2 is 1.95 bits per heavy atom. The summed E-state index contributed by atoms with van der Waals surface area (Å²) in [5.74, 6) is 0.128. The summed E-state index contributed by atoms with van der Waals surface area (Å²) in [4.78, 5) is 13.9. The van der Waals surface area contributed by atoms with Crippen molar-refractivity contribution in [3.8, 4) is 0 Å². The predicted octanol–water partition coefficient (Wildman–Crippen LogP) is 1.79. The lowest BCUT2D eigenvalue weighted by Crippen LogP contribution is -2.42. The minimum Gasteiger partial charge on any atom is -0.337 e. The van der Waals surface area contributed by atoms with E-state index in [1.165, 1.54) is 12.1 Å². The molecule has 7 heteroatoms. The van der Waals surface area contributed by atoms with Crippen molar-refractivity contribution >= 4 is 15.9 Å². The van der Waals surface area contributed by atoms with Crippen LogP contribution >= 0.6 is 0 Å². The van der Waals surface area contributed by atoms with Crippen molar-refractivity contribution in [2.75, 3.05) is 25.1 Å². The Bertz CT molecular complexity index is 612. The van der Waals surface area contributed by atoms with Gasteiger partial charge < -0.3 is 10.2 Å². The largest absolute Gasteiger partial charge is 0.337 e. The summed E-state index contributed by atoms with van der Waals surface area (Å²) in [6.45, 7) is 1.13. The van der Waals surface area contributed by atoms with Crippen LogP contribution in [0.25, 0.3) is 0 Å². The molecule has 5 nitrogen and oxygen atoms in total. The van der Waals surface area contributed by atoms with Crippen LogP contribution in [0.2, 0.25) is 0 Å². The van der Waals surface area contributed by atoms with E-state index in [1.807, 2.05) is 0 Å². The van der Waals surface area contributed by atoms with Gasteiger partial charge in [-0.2, -0.15) is 0 Å². The van der Waals surface area contributed by atoms with Crippen molar-refractivity contribution in [2.45, 2.75) is 19.4 Å². The van der Waals surface area contributed by atoms with E-state index >= 15 is 0 Å². The fraction of sp³-hybridized carbons (Fsp3) is 0.533. The third-order valence-corrected chi connectivity index (χ3v) is 4.44. The second-order valence-corrected chi connectivity index (χ2v) is 8.07. The van der Waals surface area contributed by atoms with Crippen LogP contribution in [0.1, 0.15) is 18.4 Å². The van der Waals surface area contributed by atoms with Crippen LogP contribution in [0.15, 0.2) is 24.3 Å². The molecular weight excluding hydrogens is 307 g/mol. The molecule has 0 bridgehead atoms. The SMILES string of the molecule is CS(=O)(=O)CCNC(=O)N(Cc1ccc(F)cc1)CC1CC1. The molecule has 1 fully saturated rings. The van der Waals surface area contributed by atoms with Gasteiger partial charge in [-0.3, -0.25) is 0 Å². The molecule has 0 aliphatic heterocycles. The van der Waals surface area contributed by atoms with Gasteiger partial charge in [0.25, 0.3) is 0 Å². The summed E-state index contributed by atoms with van der Waals surface area (Å²) >= 11 is 0. The predicted molar refractivity (Wildman–Crippen MR) is 82.6 cm³/mol. The Morgan fingerprint density at radius 3 is 2.50 bits per heavy atom. The van der Waals surface area contributed by atoms with E-state index in [0.29, 0.717) is 19.0 Å². The summed E-state index contributed by atoms with van der Waals surface area (Å²) in [6, 6.07) is 5.76. The minimum absolute atomic E-state index is 0.0768. The molecule has 1 saturated carbocycles. The Morgan fingerprint density at radius 1 is 1.32 bits per heavy atom. The van der Waals surface area contributed by atoms with E-state index < -0.39 is 9.84 Å². The number of halogens is 1. The average molecular weight is 328 g/mol. The molecule has 2 rings (SSSR count). The fourth-order valence-electron chi connectivity index (χ4n) is 2.10. The smallest absolute Gasteiger partial charge is 0.317 e. The molecule has 0 radical (unpaired) electrons. The number of benzene rings is 1. The number of nitrogens with zero attached hydrogens (tertiary/aromatic N) is 1. The molecule has 0 unspecified atom stereocenters. The van der Waals surface area contributed by atoms with Crippen molar-refractivity contribution in [2.24, 2.45) is 5.92 Å². The van der Waals surface area contributed by atoms with Gasteiger partial charge in [0, 0.05) is 25.9 Å². The van der Waals surface area contributed by atoms with Crippen LogP contribution in [-0.4, -0.2) is 44.4 Å². The number of rotatable bonds is 7. The van der Waals surface area contributed by atoms with Gasteiger partial charge in [-0.25, -0.2) is 17.6 Å². The maximum absolute atomic E-state index is 12.9. The van der Waals surface area contributed by atoms with Gasteiger partial charge in [0.15, 0.2) is 0 Å². The van der Waals surface area contributed by atoms with Crippen LogP contribution in [0.4, 0.5) is 9.18 Å². The summed E-state index contributed by atoms with van der Waals surface area (Å²) in [7, 11) is -3.09. The number of nitrogens with one attached hydrogen (secondary N) is 1. The molecule has 122 valence electrons. The molecule has 0 saturated heterocycles. The first-order chi connectivity index (χ1) is 10.3. The Labute approximate surface area is 130 Å². The van der Waals surface area contributed by atoms with Crippen LogP contribution < -0.4 is 5.32 Å². The number of hydrogen-bond donors (Lipinski definition) is 1. The second-order valence-electron chi connectivity index (χ2n) is 5.81. The molecule has 1 aliphatic rings. The van der Waals surface area contributed by atoms with Crippen molar-refractivity contribution in [1.29, 1.82) is 0 Å². The number of carbonyl (C=O) groups is 1. The first kappa shape index (κ1) is 16.7. The highest BCUT2D eigenvalue weighted by atomic mass is 32.2. The van der Waals surface area contributed by atoms with E-state index in [9.17, 15) is 17.6 Å². The lowest BCUT2D eigenvalue weighted by Gasteiger charge is -2.23. The third kappa shape index (κ3) is 6.01.